The van der Waals surface area contributed by atoms with E-state index in [4.69, 9.17) is 0 Å². The second-order valence-electron chi connectivity index (χ2n) is 4.42. The molecule has 6 nitrogen and oxygen atoms in total. The average molecular weight is 232 g/mol. The summed E-state index contributed by atoms with van der Waals surface area (Å²) in [6.07, 6.45) is 7.77. The molecule has 3 rings (SSSR count). The van der Waals surface area contributed by atoms with Crippen molar-refractivity contribution in [2.24, 2.45) is 0 Å². The van der Waals surface area contributed by atoms with Crippen molar-refractivity contribution in [3.05, 3.63) is 18.7 Å². The summed E-state index contributed by atoms with van der Waals surface area (Å²) in [7, 11) is 2.08. The van der Waals surface area contributed by atoms with E-state index >= 15 is 0 Å². The molecule has 2 aromatic rings. The van der Waals surface area contributed by atoms with E-state index in [2.05, 4.69) is 32.4 Å². The number of nitrogens with zero attached hydrogens (tertiary/aromatic N) is 5. The predicted octanol–water partition coefficient (Wildman–Crippen LogP) is 0.312. The number of nitrogens with one attached hydrogen (secondary N) is 1. The lowest BCUT2D eigenvalue weighted by atomic mass is 10.1. The zero-order valence-corrected chi connectivity index (χ0v) is 9.87. The molecule has 2 aromatic heterocycles. The van der Waals surface area contributed by atoms with Crippen molar-refractivity contribution in [3.63, 3.8) is 0 Å². The molecular formula is C11H16N6. The molecular weight excluding hydrogens is 216 g/mol. The molecule has 1 unspecified atom stereocenters. The maximum atomic E-state index is 4.43. The number of rotatable bonds is 2. The molecule has 1 N–H and O–H groups in total. The van der Waals surface area contributed by atoms with E-state index in [1.165, 1.54) is 12.8 Å². The van der Waals surface area contributed by atoms with Crippen molar-refractivity contribution in [1.29, 1.82) is 0 Å². The number of piperidine rings is 1. The molecule has 0 radical (unpaired) electrons. The van der Waals surface area contributed by atoms with E-state index in [1.807, 2.05) is 10.6 Å². The first kappa shape index (κ1) is 10.5. The summed E-state index contributed by atoms with van der Waals surface area (Å²) in [5, 5.41) is 11.5. The molecule has 0 aromatic carbocycles. The van der Waals surface area contributed by atoms with Gasteiger partial charge in [0.2, 0.25) is 5.65 Å². The third-order valence-corrected chi connectivity index (χ3v) is 3.35. The Balaban J connectivity index is 1.94. The van der Waals surface area contributed by atoms with E-state index in [1.54, 1.807) is 12.5 Å². The van der Waals surface area contributed by atoms with Crippen LogP contribution in [0.5, 0.6) is 0 Å². The molecule has 1 fully saturated rings. The van der Waals surface area contributed by atoms with Crippen molar-refractivity contribution in [1.82, 2.24) is 24.9 Å². The monoisotopic (exact) mass is 232 g/mol. The van der Waals surface area contributed by atoms with Crippen molar-refractivity contribution in [2.45, 2.75) is 18.9 Å². The first-order valence-corrected chi connectivity index (χ1v) is 5.94. The number of hydrogen-bond donors (Lipinski definition) is 1. The zero-order valence-electron chi connectivity index (χ0n) is 9.87. The Morgan fingerprint density at radius 1 is 1.53 bits per heavy atom. The van der Waals surface area contributed by atoms with Crippen LogP contribution in [-0.4, -0.2) is 45.8 Å². The van der Waals surface area contributed by atoms with Crippen LogP contribution in [0.15, 0.2) is 18.7 Å². The van der Waals surface area contributed by atoms with E-state index < -0.39 is 0 Å². The highest BCUT2D eigenvalue weighted by Gasteiger charge is 2.21. The summed E-state index contributed by atoms with van der Waals surface area (Å²) in [6.45, 7) is 2.13. The summed E-state index contributed by atoms with van der Waals surface area (Å²) in [6, 6.07) is 0.485. The molecule has 0 amide bonds. The normalized spacial score (nSPS) is 20.6. The molecule has 0 saturated carbocycles. The minimum atomic E-state index is 0.485. The Kier molecular flexibility index (Phi) is 2.64. The summed E-state index contributed by atoms with van der Waals surface area (Å²) in [5.74, 6) is 0.902. The van der Waals surface area contributed by atoms with Crippen molar-refractivity contribution < 1.29 is 0 Å². The Morgan fingerprint density at radius 3 is 3.29 bits per heavy atom. The molecule has 1 saturated heterocycles. The SMILES string of the molecule is CN(c1nccn2cnnc12)C1CCCNC1. The second-order valence-corrected chi connectivity index (χ2v) is 4.42. The minimum absolute atomic E-state index is 0.485. The minimum Gasteiger partial charge on any atom is -0.352 e. The standard InChI is InChI=1S/C11H16N6/c1-16(9-3-2-4-12-7-9)10-11-15-14-8-17(11)6-5-13-10/h5-6,8-9,12H,2-4,7H2,1H3. The molecule has 1 atom stereocenters. The summed E-state index contributed by atoms with van der Waals surface area (Å²) in [5.41, 5.74) is 0.820. The lowest BCUT2D eigenvalue weighted by Gasteiger charge is -2.32. The number of aromatic nitrogens is 4. The van der Waals surface area contributed by atoms with Gasteiger partial charge in [0.1, 0.15) is 6.33 Å². The molecule has 0 bridgehead atoms. The first-order valence-electron chi connectivity index (χ1n) is 5.94. The first-order chi connectivity index (χ1) is 8.36. The van der Waals surface area contributed by atoms with Crippen LogP contribution in [0, 0.1) is 0 Å². The van der Waals surface area contributed by atoms with Crippen molar-refractivity contribution in [3.8, 4) is 0 Å². The van der Waals surface area contributed by atoms with E-state index in [0.29, 0.717) is 6.04 Å². The van der Waals surface area contributed by atoms with Gasteiger partial charge >= 0.3 is 0 Å². The molecule has 0 spiro atoms. The molecule has 1 aliphatic heterocycles. The lowest BCUT2D eigenvalue weighted by molar-refractivity contribution is 0.443. The average Bonchev–Trinajstić information content (AvgIpc) is 2.87. The van der Waals surface area contributed by atoms with E-state index in [-0.39, 0.29) is 0 Å². The van der Waals surface area contributed by atoms with Gasteiger partial charge in [-0.3, -0.25) is 4.40 Å². The van der Waals surface area contributed by atoms with Gasteiger partial charge in [0, 0.05) is 32.0 Å². The summed E-state index contributed by atoms with van der Waals surface area (Å²) < 4.78 is 1.90. The van der Waals surface area contributed by atoms with Crippen LogP contribution in [0.1, 0.15) is 12.8 Å². The number of anilines is 1. The van der Waals surface area contributed by atoms with Crippen molar-refractivity contribution in [2.75, 3.05) is 25.0 Å². The van der Waals surface area contributed by atoms with E-state index in [0.717, 1.165) is 24.6 Å². The molecule has 17 heavy (non-hydrogen) atoms. The molecule has 1 aliphatic rings. The Labute approximate surface area is 99.7 Å². The van der Waals surface area contributed by atoms with Crippen LogP contribution in [0.3, 0.4) is 0 Å². The van der Waals surface area contributed by atoms with Gasteiger partial charge in [-0.1, -0.05) is 0 Å². The third kappa shape index (κ3) is 1.84. The maximum absolute atomic E-state index is 4.43. The van der Waals surface area contributed by atoms with Crippen LogP contribution in [0.2, 0.25) is 0 Å². The topological polar surface area (TPSA) is 58.4 Å². The number of fused-ring (bicyclic) bond motifs is 1. The smallest absolute Gasteiger partial charge is 0.203 e. The van der Waals surface area contributed by atoms with Gasteiger partial charge in [-0.05, 0) is 19.4 Å². The Morgan fingerprint density at radius 2 is 2.47 bits per heavy atom. The summed E-state index contributed by atoms with van der Waals surface area (Å²) >= 11 is 0. The molecule has 0 aliphatic carbocycles. The van der Waals surface area contributed by atoms with Gasteiger partial charge in [-0.25, -0.2) is 4.98 Å². The predicted molar refractivity (Wildman–Crippen MR) is 65.1 cm³/mol. The van der Waals surface area contributed by atoms with Crippen molar-refractivity contribution >= 4 is 11.5 Å². The van der Waals surface area contributed by atoms with Crippen LogP contribution >= 0.6 is 0 Å². The van der Waals surface area contributed by atoms with Crippen LogP contribution < -0.4 is 10.2 Å². The highest BCUT2D eigenvalue weighted by atomic mass is 15.3. The van der Waals surface area contributed by atoms with E-state index in [9.17, 15) is 0 Å². The highest BCUT2D eigenvalue weighted by Crippen LogP contribution is 2.19. The van der Waals surface area contributed by atoms with Gasteiger partial charge < -0.3 is 10.2 Å². The fraction of sp³-hybridized carbons (Fsp3) is 0.545. The lowest BCUT2D eigenvalue weighted by Crippen LogP contribution is -2.44. The third-order valence-electron chi connectivity index (χ3n) is 3.35. The van der Waals surface area contributed by atoms with Gasteiger partial charge in [-0.15, -0.1) is 10.2 Å². The molecule has 90 valence electrons. The second kappa shape index (κ2) is 4.29. The van der Waals surface area contributed by atoms with Gasteiger partial charge in [-0.2, -0.15) is 0 Å². The number of likely N-dealkylation sites (N-methyl/N-ethyl adjacent to an activating group) is 1. The van der Waals surface area contributed by atoms with Crippen LogP contribution in [0.4, 0.5) is 5.82 Å². The maximum Gasteiger partial charge on any atom is 0.203 e. The Hall–Kier alpha value is -1.69. The molecule has 3 heterocycles. The summed E-state index contributed by atoms with van der Waals surface area (Å²) in [4.78, 5) is 6.63. The molecule has 6 heteroatoms. The van der Waals surface area contributed by atoms with Gasteiger partial charge in [0.25, 0.3) is 0 Å². The highest BCUT2D eigenvalue weighted by molar-refractivity contribution is 5.63. The fourth-order valence-electron chi connectivity index (χ4n) is 2.33. The largest absolute Gasteiger partial charge is 0.352 e. The quantitative estimate of drug-likeness (QED) is 0.807. The van der Waals surface area contributed by atoms with Crippen LogP contribution in [-0.2, 0) is 0 Å². The zero-order chi connectivity index (χ0) is 11.7. The Bertz CT molecular complexity index is 501. The van der Waals surface area contributed by atoms with Gasteiger partial charge in [0.15, 0.2) is 5.82 Å². The number of hydrogen-bond acceptors (Lipinski definition) is 5. The fourth-order valence-corrected chi connectivity index (χ4v) is 2.33. The van der Waals surface area contributed by atoms with Crippen LogP contribution in [0.25, 0.3) is 5.65 Å². The van der Waals surface area contributed by atoms with Gasteiger partial charge in [0.05, 0.1) is 0 Å².